The summed E-state index contributed by atoms with van der Waals surface area (Å²) in [7, 11) is -10.1. The second-order valence-electron chi connectivity index (χ2n) is 1.06. The Morgan fingerprint density at radius 2 is 1.10 bits per heavy atom. The number of phosphoric acid groups is 2. The van der Waals surface area contributed by atoms with Gasteiger partial charge in [0.2, 0.25) is 0 Å². The molecule has 0 aromatic carbocycles. The van der Waals surface area contributed by atoms with Crippen LogP contribution >= 0.6 is 15.6 Å². The van der Waals surface area contributed by atoms with Crippen LogP contribution in [0.25, 0.3) is 0 Å². The van der Waals surface area contributed by atoms with Gasteiger partial charge in [-0.15, -0.1) is 0 Å². The molecule has 0 atom stereocenters. The number of rotatable bonds is 2. The summed E-state index contributed by atoms with van der Waals surface area (Å²) in [5.41, 5.74) is 0. The summed E-state index contributed by atoms with van der Waals surface area (Å²) < 4.78 is 22.2. The summed E-state index contributed by atoms with van der Waals surface area (Å²) in [5.74, 6) is 0. The fourth-order valence-corrected chi connectivity index (χ4v) is 1.25. The standard InChI is InChI=1S/Cs.H4O7P2.H/c;1-8(2,3)7-9(4,5)6;/h;(H2,1,2,3)(H2,4,5,6);. The zero-order valence-corrected chi connectivity index (χ0v) is 5.70. The Morgan fingerprint density at radius 3 is 1.10 bits per heavy atom. The first-order valence-corrected chi connectivity index (χ1v) is 4.59. The molecule has 0 amide bonds. The maximum absolute atomic E-state index is 9.63. The van der Waals surface area contributed by atoms with Crippen LogP contribution < -0.4 is 0 Å². The van der Waals surface area contributed by atoms with E-state index in [-0.39, 0.29) is 68.9 Å². The zero-order chi connectivity index (χ0) is 7.71. The second kappa shape index (κ2) is 5.13. The Hall–Kier alpha value is 2.31. The van der Waals surface area contributed by atoms with Crippen LogP contribution in [-0.4, -0.2) is 88.5 Å². The topological polar surface area (TPSA) is 124 Å². The van der Waals surface area contributed by atoms with Crippen molar-refractivity contribution in [2.45, 2.75) is 0 Å². The normalized spacial score (nSPS) is 12.4. The van der Waals surface area contributed by atoms with Gasteiger partial charge in [-0.3, -0.25) is 0 Å². The van der Waals surface area contributed by atoms with Crippen LogP contribution in [0.5, 0.6) is 0 Å². The molecule has 0 saturated carbocycles. The third kappa shape index (κ3) is 12.9. The molecule has 0 aliphatic rings. The van der Waals surface area contributed by atoms with E-state index in [1.807, 2.05) is 0 Å². The molecule has 0 fully saturated rings. The van der Waals surface area contributed by atoms with Crippen LogP contribution in [-0.2, 0) is 13.4 Å². The van der Waals surface area contributed by atoms with E-state index in [4.69, 9.17) is 19.6 Å². The molecule has 0 aromatic rings. The molecular formula is H5CsO7P2. The monoisotopic (exact) mass is 312 g/mol. The predicted octanol–water partition coefficient (Wildman–Crippen LogP) is -1.46. The summed E-state index contributed by atoms with van der Waals surface area (Å²) in [6.07, 6.45) is 0. The number of hydrogen-bond acceptors (Lipinski definition) is 3. The van der Waals surface area contributed by atoms with Crippen molar-refractivity contribution in [1.82, 2.24) is 0 Å². The van der Waals surface area contributed by atoms with Gasteiger partial charge < -0.3 is 19.6 Å². The van der Waals surface area contributed by atoms with E-state index in [0.29, 0.717) is 0 Å². The molecule has 10 heteroatoms. The van der Waals surface area contributed by atoms with Gasteiger partial charge in [0.1, 0.15) is 0 Å². The van der Waals surface area contributed by atoms with Crippen molar-refractivity contribution in [1.29, 1.82) is 0 Å². The molecule has 0 unspecified atom stereocenters. The van der Waals surface area contributed by atoms with Crippen molar-refractivity contribution in [3.05, 3.63) is 0 Å². The fourth-order valence-electron chi connectivity index (χ4n) is 0.139. The maximum atomic E-state index is 9.63. The van der Waals surface area contributed by atoms with E-state index >= 15 is 0 Å². The Kier molecular flexibility index (Phi) is 7.60. The molecule has 0 spiro atoms. The summed E-state index contributed by atoms with van der Waals surface area (Å²) in [5, 5.41) is 0. The SMILES string of the molecule is O=P(O)(O)OP(=O)(O)O.[CsH]. The van der Waals surface area contributed by atoms with E-state index in [9.17, 15) is 9.13 Å². The van der Waals surface area contributed by atoms with Crippen LogP contribution in [0.2, 0.25) is 0 Å². The Morgan fingerprint density at radius 1 is 0.900 bits per heavy atom. The van der Waals surface area contributed by atoms with Crippen molar-refractivity contribution >= 4 is 84.5 Å². The Bertz CT molecular complexity index is 152. The summed E-state index contributed by atoms with van der Waals surface area (Å²) in [6.45, 7) is 0. The van der Waals surface area contributed by atoms with E-state index < -0.39 is 15.6 Å². The molecule has 58 valence electrons. The van der Waals surface area contributed by atoms with E-state index in [1.165, 1.54) is 0 Å². The van der Waals surface area contributed by atoms with Gasteiger partial charge in [0.25, 0.3) is 0 Å². The zero-order valence-electron chi connectivity index (χ0n) is 3.91. The van der Waals surface area contributed by atoms with Gasteiger partial charge in [-0.2, -0.15) is 4.31 Å². The van der Waals surface area contributed by atoms with Crippen molar-refractivity contribution in [3.63, 3.8) is 0 Å². The van der Waals surface area contributed by atoms with Crippen LogP contribution in [0.4, 0.5) is 0 Å². The van der Waals surface area contributed by atoms with E-state index in [2.05, 4.69) is 4.31 Å². The van der Waals surface area contributed by atoms with Crippen molar-refractivity contribution in [2.75, 3.05) is 0 Å². The summed E-state index contributed by atoms with van der Waals surface area (Å²) in [6, 6.07) is 0. The molecule has 10 heavy (non-hydrogen) atoms. The second-order valence-corrected chi connectivity index (χ2v) is 3.68. The van der Waals surface area contributed by atoms with Crippen molar-refractivity contribution in [2.24, 2.45) is 0 Å². The van der Waals surface area contributed by atoms with Crippen molar-refractivity contribution < 1.29 is 33.0 Å². The van der Waals surface area contributed by atoms with Crippen LogP contribution in [0.15, 0.2) is 0 Å². The Labute approximate surface area is 115 Å². The third-order valence-corrected chi connectivity index (χ3v) is 1.91. The first-order valence-electron chi connectivity index (χ1n) is 1.53. The molecule has 0 rings (SSSR count). The van der Waals surface area contributed by atoms with E-state index in [0.717, 1.165) is 0 Å². The average molecular weight is 312 g/mol. The molecule has 0 aromatic heterocycles. The molecule has 7 nitrogen and oxygen atoms in total. The summed E-state index contributed by atoms with van der Waals surface area (Å²) >= 11 is 0. The quantitative estimate of drug-likeness (QED) is 0.459. The van der Waals surface area contributed by atoms with Gasteiger partial charge in [0.15, 0.2) is 0 Å². The fraction of sp³-hybridized carbons (Fsp3) is 0. The van der Waals surface area contributed by atoms with E-state index in [1.54, 1.807) is 0 Å². The van der Waals surface area contributed by atoms with Gasteiger partial charge in [0, 0.05) is 0 Å². The van der Waals surface area contributed by atoms with Gasteiger partial charge in [-0.25, -0.2) is 9.13 Å². The van der Waals surface area contributed by atoms with Crippen LogP contribution in [0.1, 0.15) is 0 Å². The van der Waals surface area contributed by atoms with Gasteiger partial charge in [0.05, 0.1) is 0 Å². The first kappa shape index (κ1) is 14.8. The summed E-state index contributed by atoms with van der Waals surface area (Å²) in [4.78, 5) is 31.0. The predicted molar refractivity (Wildman–Crippen MR) is 32.3 cm³/mol. The average Bonchev–Trinajstić information content (AvgIpc) is 1.14. The van der Waals surface area contributed by atoms with Crippen molar-refractivity contribution in [3.8, 4) is 0 Å². The molecule has 0 heterocycles. The molecule has 4 N–H and O–H groups in total. The molecule has 0 saturated heterocycles. The molecule has 0 radical (unpaired) electrons. The minimum atomic E-state index is -5.05. The first-order chi connectivity index (χ1) is 3.71. The van der Waals surface area contributed by atoms with Crippen LogP contribution in [0.3, 0.4) is 0 Å². The van der Waals surface area contributed by atoms with Gasteiger partial charge in [-0.1, -0.05) is 0 Å². The number of hydrogen-bond donors (Lipinski definition) is 4. The molecule has 0 aliphatic heterocycles. The molecular weight excluding hydrogens is 307 g/mol. The minimum absolute atomic E-state index is 0. The van der Waals surface area contributed by atoms with Gasteiger partial charge >= 0.3 is 84.5 Å². The third-order valence-electron chi connectivity index (χ3n) is 0.213. The Balaban J connectivity index is 0. The molecule has 0 bridgehead atoms. The van der Waals surface area contributed by atoms with Gasteiger partial charge in [-0.05, 0) is 0 Å². The molecule has 0 aliphatic carbocycles. The van der Waals surface area contributed by atoms with Crippen LogP contribution in [0, 0.1) is 0 Å².